The van der Waals surface area contributed by atoms with Crippen molar-refractivity contribution in [3.8, 4) is 0 Å². The third-order valence-corrected chi connectivity index (χ3v) is 2.69. The maximum atomic E-state index is 11.8. The van der Waals surface area contributed by atoms with Crippen molar-refractivity contribution in [2.45, 2.75) is 45.6 Å². The lowest BCUT2D eigenvalue weighted by Crippen LogP contribution is -2.48. The highest BCUT2D eigenvalue weighted by molar-refractivity contribution is 5.83. The zero-order valence-corrected chi connectivity index (χ0v) is 9.40. The van der Waals surface area contributed by atoms with Gasteiger partial charge in [0, 0.05) is 13.0 Å². The lowest BCUT2D eigenvalue weighted by Gasteiger charge is -2.33. The molecule has 0 unspecified atom stereocenters. The molecule has 1 rings (SSSR count). The maximum absolute atomic E-state index is 11.8. The van der Waals surface area contributed by atoms with Gasteiger partial charge in [0.1, 0.15) is 6.04 Å². The zero-order chi connectivity index (χ0) is 11.4. The van der Waals surface area contributed by atoms with Crippen LogP contribution in [0.5, 0.6) is 0 Å². The monoisotopic (exact) mass is 213 g/mol. The standard InChI is InChI=1S/C11H19NO3/c1-8(2)7-10(13)12-6-4-3-5-9(12)11(14)15/h8-9H,3-7H2,1-2H3,(H,14,15)/t9-/m1/s1. The van der Waals surface area contributed by atoms with Crippen LogP contribution < -0.4 is 0 Å². The van der Waals surface area contributed by atoms with E-state index in [1.807, 2.05) is 13.8 Å². The van der Waals surface area contributed by atoms with Crippen LogP contribution in [0.1, 0.15) is 39.5 Å². The quantitative estimate of drug-likeness (QED) is 0.772. The Hall–Kier alpha value is -1.06. The van der Waals surface area contributed by atoms with Crippen molar-refractivity contribution < 1.29 is 14.7 Å². The molecule has 86 valence electrons. The molecule has 4 heteroatoms. The van der Waals surface area contributed by atoms with Crippen molar-refractivity contribution >= 4 is 11.9 Å². The third kappa shape index (κ3) is 3.22. The number of carbonyl (C=O) groups is 2. The van der Waals surface area contributed by atoms with Crippen molar-refractivity contribution in [1.82, 2.24) is 4.90 Å². The van der Waals surface area contributed by atoms with Crippen LogP contribution in [0.4, 0.5) is 0 Å². The molecular formula is C11H19NO3. The van der Waals surface area contributed by atoms with E-state index in [1.165, 1.54) is 4.90 Å². The van der Waals surface area contributed by atoms with Crippen LogP contribution in [-0.2, 0) is 9.59 Å². The number of likely N-dealkylation sites (tertiary alicyclic amines) is 1. The van der Waals surface area contributed by atoms with Gasteiger partial charge in [-0.25, -0.2) is 4.79 Å². The minimum Gasteiger partial charge on any atom is -0.480 e. The molecule has 1 amide bonds. The van der Waals surface area contributed by atoms with Gasteiger partial charge in [0.2, 0.25) is 5.91 Å². The molecule has 1 heterocycles. The summed E-state index contributed by atoms with van der Waals surface area (Å²) >= 11 is 0. The molecule has 1 N–H and O–H groups in total. The normalized spacial score (nSPS) is 21.8. The summed E-state index contributed by atoms with van der Waals surface area (Å²) in [4.78, 5) is 24.3. The Morgan fingerprint density at radius 1 is 1.40 bits per heavy atom. The first-order chi connectivity index (χ1) is 7.02. The van der Waals surface area contributed by atoms with Crippen LogP contribution >= 0.6 is 0 Å². The Labute approximate surface area is 90.3 Å². The summed E-state index contributed by atoms with van der Waals surface area (Å²) < 4.78 is 0. The average molecular weight is 213 g/mol. The fourth-order valence-corrected chi connectivity index (χ4v) is 1.95. The van der Waals surface area contributed by atoms with Gasteiger partial charge in [-0.05, 0) is 25.2 Å². The second-order valence-corrected chi connectivity index (χ2v) is 4.53. The molecule has 0 bridgehead atoms. The first kappa shape index (κ1) is 12.0. The summed E-state index contributed by atoms with van der Waals surface area (Å²) in [5.74, 6) is -0.599. The van der Waals surface area contributed by atoms with E-state index >= 15 is 0 Å². The number of rotatable bonds is 3. The number of carboxylic acid groups (broad SMARTS) is 1. The number of piperidine rings is 1. The molecular weight excluding hydrogens is 194 g/mol. The first-order valence-electron chi connectivity index (χ1n) is 5.54. The van der Waals surface area contributed by atoms with Crippen molar-refractivity contribution in [2.24, 2.45) is 5.92 Å². The van der Waals surface area contributed by atoms with E-state index in [4.69, 9.17) is 5.11 Å². The number of amides is 1. The highest BCUT2D eigenvalue weighted by atomic mass is 16.4. The molecule has 0 spiro atoms. The fraction of sp³-hybridized carbons (Fsp3) is 0.818. The van der Waals surface area contributed by atoms with Crippen LogP contribution in [0, 0.1) is 5.92 Å². The fourth-order valence-electron chi connectivity index (χ4n) is 1.95. The lowest BCUT2D eigenvalue weighted by atomic mass is 10.0. The molecule has 0 radical (unpaired) electrons. The molecule has 0 saturated carbocycles. The number of aliphatic carboxylic acids is 1. The molecule has 1 saturated heterocycles. The largest absolute Gasteiger partial charge is 0.480 e. The molecule has 1 atom stereocenters. The molecule has 4 nitrogen and oxygen atoms in total. The number of nitrogens with zero attached hydrogens (tertiary/aromatic N) is 1. The summed E-state index contributed by atoms with van der Waals surface area (Å²) in [6, 6.07) is -0.593. The Bertz CT molecular complexity index is 250. The summed E-state index contributed by atoms with van der Waals surface area (Å²) in [5, 5.41) is 9.00. The van der Waals surface area contributed by atoms with Gasteiger partial charge in [-0.3, -0.25) is 4.79 Å². The van der Waals surface area contributed by atoms with E-state index in [0.717, 1.165) is 12.8 Å². The molecule has 15 heavy (non-hydrogen) atoms. The number of carboxylic acids is 1. The maximum Gasteiger partial charge on any atom is 0.326 e. The third-order valence-electron chi connectivity index (χ3n) is 2.69. The van der Waals surface area contributed by atoms with Crippen LogP contribution in [-0.4, -0.2) is 34.5 Å². The molecule has 1 aliphatic rings. The van der Waals surface area contributed by atoms with E-state index in [2.05, 4.69) is 0 Å². The van der Waals surface area contributed by atoms with Crippen LogP contribution in [0.25, 0.3) is 0 Å². The molecule has 1 aliphatic heterocycles. The van der Waals surface area contributed by atoms with Crippen molar-refractivity contribution in [3.05, 3.63) is 0 Å². The van der Waals surface area contributed by atoms with E-state index in [0.29, 0.717) is 19.4 Å². The topological polar surface area (TPSA) is 57.6 Å². The van der Waals surface area contributed by atoms with Gasteiger partial charge in [0.15, 0.2) is 0 Å². The Morgan fingerprint density at radius 3 is 2.60 bits per heavy atom. The van der Waals surface area contributed by atoms with Crippen molar-refractivity contribution in [3.63, 3.8) is 0 Å². The molecule has 0 aliphatic carbocycles. The minimum atomic E-state index is -0.869. The first-order valence-corrected chi connectivity index (χ1v) is 5.54. The number of carbonyl (C=O) groups excluding carboxylic acids is 1. The summed E-state index contributed by atoms with van der Waals surface area (Å²) in [6.45, 7) is 4.54. The van der Waals surface area contributed by atoms with Crippen molar-refractivity contribution in [2.75, 3.05) is 6.54 Å². The van der Waals surface area contributed by atoms with Gasteiger partial charge >= 0.3 is 5.97 Å². The Balaban J connectivity index is 2.63. The second kappa shape index (κ2) is 5.14. The van der Waals surface area contributed by atoms with Gasteiger partial charge in [-0.1, -0.05) is 13.8 Å². The SMILES string of the molecule is CC(C)CC(=O)N1CCCC[C@@H]1C(=O)O. The van der Waals surface area contributed by atoms with Gasteiger partial charge in [0.05, 0.1) is 0 Å². The van der Waals surface area contributed by atoms with E-state index in [9.17, 15) is 9.59 Å². The minimum absolute atomic E-state index is 0.0166. The summed E-state index contributed by atoms with van der Waals surface area (Å²) in [7, 11) is 0. The zero-order valence-electron chi connectivity index (χ0n) is 9.40. The summed E-state index contributed by atoms with van der Waals surface area (Å²) in [6.07, 6.45) is 2.87. The molecule has 0 aromatic rings. The van der Waals surface area contributed by atoms with Gasteiger partial charge in [-0.15, -0.1) is 0 Å². The van der Waals surface area contributed by atoms with Gasteiger partial charge in [-0.2, -0.15) is 0 Å². The van der Waals surface area contributed by atoms with E-state index < -0.39 is 12.0 Å². The molecule has 1 fully saturated rings. The van der Waals surface area contributed by atoms with Crippen LogP contribution in [0.2, 0.25) is 0 Å². The molecule has 0 aromatic carbocycles. The number of hydrogen-bond acceptors (Lipinski definition) is 2. The summed E-state index contributed by atoms with van der Waals surface area (Å²) in [5.41, 5.74) is 0. The Morgan fingerprint density at radius 2 is 2.07 bits per heavy atom. The van der Waals surface area contributed by atoms with Gasteiger partial charge < -0.3 is 10.0 Å². The average Bonchev–Trinajstić information content (AvgIpc) is 2.16. The second-order valence-electron chi connectivity index (χ2n) is 4.53. The van der Waals surface area contributed by atoms with Crippen molar-refractivity contribution in [1.29, 1.82) is 0 Å². The highest BCUT2D eigenvalue weighted by Gasteiger charge is 2.31. The van der Waals surface area contributed by atoms with E-state index in [-0.39, 0.29) is 11.8 Å². The Kier molecular flexibility index (Phi) is 4.12. The van der Waals surface area contributed by atoms with Crippen LogP contribution in [0.3, 0.4) is 0 Å². The smallest absolute Gasteiger partial charge is 0.326 e. The lowest BCUT2D eigenvalue weighted by molar-refractivity contribution is -0.152. The predicted octanol–water partition coefficient (Wildman–Crippen LogP) is 1.50. The molecule has 0 aromatic heterocycles. The van der Waals surface area contributed by atoms with E-state index in [1.54, 1.807) is 0 Å². The van der Waals surface area contributed by atoms with Gasteiger partial charge in [0.25, 0.3) is 0 Å². The predicted molar refractivity (Wildman–Crippen MR) is 56.4 cm³/mol. The highest BCUT2D eigenvalue weighted by Crippen LogP contribution is 2.19. The van der Waals surface area contributed by atoms with Crippen LogP contribution in [0.15, 0.2) is 0 Å². The number of hydrogen-bond donors (Lipinski definition) is 1.